The van der Waals surface area contributed by atoms with Crippen molar-refractivity contribution in [1.29, 1.82) is 0 Å². The second-order valence-electron chi connectivity index (χ2n) is 2.43. The number of aliphatic hydroxyl groups is 1. The minimum Gasteiger partial charge on any atom is -0.481 e. The summed E-state index contributed by atoms with van der Waals surface area (Å²) in [6.45, 7) is 0.805. The van der Waals surface area contributed by atoms with E-state index in [1.807, 2.05) is 0 Å². The highest BCUT2D eigenvalue weighted by Gasteiger charge is 2.50. The molecule has 2 unspecified atom stereocenters. The molecule has 0 heterocycles. The van der Waals surface area contributed by atoms with Gasteiger partial charge in [0.05, 0.1) is 0 Å². The zero-order valence-electron chi connectivity index (χ0n) is 7.00. The fraction of sp³-hybridized carbons (Fsp3) is 0.500. The van der Waals surface area contributed by atoms with Crippen LogP contribution >= 0.6 is 0 Å². The average molecular weight is 208 g/mol. The van der Waals surface area contributed by atoms with Crippen LogP contribution < -0.4 is 0 Å². The number of carbonyl (C=O) groups is 3. The Balaban J connectivity index is 4.99. The third kappa shape index (κ3) is 2.33. The summed E-state index contributed by atoms with van der Waals surface area (Å²) in [7, 11) is 0. The fourth-order valence-corrected chi connectivity index (χ4v) is 0.618. The van der Waals surface area contributed by atoms with E-state index in [4.69, 9.17) is 20.4 Å². The van der Waals surface area contributed by atoms with Gasteiger partial charge in [-0.05, 0) is 6.92 Å². The molecule has 8 heteroatoms. The Kier molecular flexibility index (Phi) is 3.41. The molecule has 0 aliphatic rings. The molecule has 0 bridgehead atoms. The summed E-state index contributed by atoms with van der Waals surface area (Å²) in [5.74, 6) is -8.99. The Morgan fingerprint density at radius 2 is 1.64 bits per heavy atom. The van der Waals surface area contributed by atoms with Gasteiger partial charge in [0.1, 0.15) is 5.92 Å². The third-order valence-corrected chi connectivity index (χ3v) is 1.51. The van der Waals surface area contributed by atoms with Crippen molar-refractivity contribution in [3.8, 4) is 0 Å². The van der Waals surface area contributed by atoms with Crippen molar-refractivity contribution < 1.29 is 39.5 Å². The first kappa shape index (κ1) is 12.2. The first-order valence-corrected chi connectivity index (χ1v) is 3.32. The van der Waals surface area contributed by atoms with Gasteiger partial charge in [-0.2, -0.15) is 0 Å². The monoisotopic (exact) mass is 208 g/mol. The van der Waals surface area contributed by atoms with Crippen LogP contribution in [0.25, 0.3) is 0 Å². The lowest BCUT2D eigenvalue weighted by Gasteiger charge is -2.24. The van der Waals surface area contributed by atoms with E-state index in [-0.39, 0.29) is 0 Å². The van der Waals surface area contributed by atoms with Crippen LogP contribution in [0, 0.1) is 5.92 Å². The van der Waals surface area contributed by atoms with E-state index in [9.17, 15) is 14.4 Å². The Hall–Kier alpha value is -1.83. The van der Waals surface area contributed by atoms with Crippen LogP contribution in [0.15, 0.2) is 0 Å². The highest BCUT2D eigenvalue weighted by molar-refractivity contribution is 5.85. The summed E-state index contributed by atoms with van der Waals surface area (Å²) in [6, 6.07) is 0. The number of ether oxygens (including phenoxy) is 1. The van der Waals surface area contributed by atoms with Crippen molar-refractivity contribution in [2.24, 2.45) is 5.92 Å². The molecule has 0 aromatic carbocycles. The molecule has 14 heavy (non-hydrogen) atoms. The molecule has 0 saturated carbocycles. The summed E-state index contributed by atoms with van der Waals surface area (Å²) < 4.78 is 3.61. The van der Waals surface area contributed by atoms with Gasteiger partial charge < -0.3 is 25.2 Å². The topological polar surface area (TPSA) is 141 Å². The minimum atomic E-state index is -3.28. The predicted octanol–water partition coefficient (Wildman–Crippen LogP) is -0.825. The smallest absolute Gasteiger partial charge is 0.481 e. The van der Waals surface area contributed by atoms with E-state index in [0.717, 1.165) is 6.92 Å². The number of hydrogen-bond acceptors (Lipinski definition) is 5. The standard InChI is InChI=1S/C6H8O8/c1-2(3(7)8)6(13,4(9)10)14-5(11)12/h2,13H,1H3,(H,7,8)(H,9,10)(H,11,12). The van der Waals surface area contributed by atoms with Gasteiger partial charge in [-0.3, -0.25) is 4.79 Å². The van der Waals surface area contributed by atoms with Crippen molar-refractivity contribution in [1.82, 2.24) is 0 Å². The molecule has 0 saturated heterocycles. The molecule has 0 fully saturated rings. The number of rotatable bonds is 4. The van der Waals surface area contributed by atoms with Crippen LogP contribution in [-0.4, -0.2) is 44.3 Å². The molecule has 8 nitrogen and oxygen atoms in total. The Bertz CT molecular complexity index is 271. The van der Waals surface area contributed by atoms with E-state index in [1.165, 1.54) is 0 Å². The average Bonchev–Trinajstić information content (AvgIpc) is 2.00. The fourth-order valence-electron chi connectivity index (χ4n) is 0.618. The van der Waals surface area contributed by atoms with Crippen LogP contribution in [0.2, 0.25) is 0 Å². The summed E-state index contributed by atoms with van der Waals surface area (Å²) >= 11 is 0. The van der Waals surface area contributed by atoms with E-state index in [0.29, 0.717) is 0 Å². The Morgan fingerprint density at radius 3 is 1.86 bits per heavy atom. The maximum atomic E-state index is 10.4. The second kappa shape index (κ2) is 3.92. The van der Waals surface area contributed by atoms with Gasteiger partial charge in [0, 0.05) is 0 Å². The highest BCUT2D eigenvalue weighted by atomic mass is 16.7. The lowest BCUT2D eigenvalue weighted by molar-refractivity contribution is -0.227. The predicted molar refractivity (Wildman–Crippen MR) is 38.5 cm³/mol. The number of aliphatic carboxylic acids is 2. The van der Waals surface area contributed by atoms with Crippen molar-refractivity contribution in [2.75, 3.05) is 0 Å². The molecule has 0 aliphatic heterocycles. The third-order valence-electron chi connectivity index (χ3n) is 1.51. The largest absolute Gasteiger partial charge is 0.508 e. The summed E-state index contributed by atoms with van der Waals surface area (Å²) in [6.07, 6.45) is -2.08. The van der Waals surface area contributed by atoms with Crippen LogP contribution in [0.1, 0.15) is 6.92 Å². The number of carboxylic acids is 2. The van der Waals surface area contributed by atoms with Crippen LogP contribution in [0.5, 0.6) is 0 Å². The molecular weight excluding hydrogens is 200 g/mol. The van der Waals surface area contributed by atoms with Gasteiger partial charge in [0.25, 0.3) is 0 Å². The summed E-state index contributed by atoms with van der Waals surface area (Å²) in [5.41, 5.74) is 0. The summed E-state index contributed by atoms with van der Waals surface area (Å²) in [5, 5.41) is 34.0. The molecular formula is C6H8O8. The molecule has 0 rings (SSSR count). The molecule has 0 spiro atoms. The SMILES string of the molecule is CC(C(=O)O)C(O)(OC(=O)O)C(=O)O. The Morgan fingerprint density at radius 1 is 1.21 bits per heavy atom. The molecule has 0 radical (unpaired) electrons. The Labute approximate surface area is 77.3 Å². The quantitative estimate of drug-likeness (QED) is 0.346. The van der Waals surface area contributed by atoms with Crippen molar-refractivity contribution in [2.45, 2.75) is 12.7 Å². The minimum absolute atomic E-state index is 0.805. The lowest BCUT2D eigenvalue weighted by atomic mass is 10.0. The van der Waals surface area contributed by atoms with Gasteiger partial charge in [-0.25, -0.2) is 9.59 Å². The van der Waals surface area contributed by atoms with E-state index >= 15 is 0 Å². The zero-order valence-corrected chi connectivity index (χ0v) is 7.00. The molecule has 0 amide bonds. The molecule has 80 valence electrons. The maximum absolute atomic E-state index is 10.4. The van der Waals surface area contributed by atoms with Gasteiger partial charge >= 0.3 is 23.9 Å². The molecule has 0 aliphatic carbocycles. The van der Waals surface area contributed by atoms with Gasteiger partial charge in [0.15, 0.2) is 0 Å². The molecule has 2 atom stereocenters. The first-order chi connectivity index (χ1) is 6.21. The second-order valence-corrected chi connectivity index (χ2v) is 2.43. The first-order valence-electron chi connectivity index (χ1n) is 3.32. The highest BCUT2D eigenvalue weighted by Crippen LogP contribution is 2.20. The molecule has 4 N–H and O–H groups in total. The summed E-state index contributed by atoms with van der Waals surface area (Å²) in [4.78, 5) is 30.7. The van der Waals surface area contributed by atoms with E-state index in [1.54, 1.807) is 0 Å². The van der Waals surface area contributed by atoms with E-state index in [2.05, 4.69) is 4.74 Å². The van der Waals surface area contributed by atoms with Gasteiger partial charge in [0.2, 0.25) is 0 Å². The zero-order chi connectivity index (χ0) is 11.5. The maximum Gasteiger partial charge on any atom is 0.508 e. The van der Waals surface area contributed by atoms with Crippen molar-refractivity contribution in [3.05, 3.63) is 0 Å². The van der Waals surface area contributed by atoms with E-state index < -0.39 is 29.8 Å². The van der Waals surface area contributed by atoms with Crippen LogP contribution in [0.3, 0.4) is 0 Å². The molecule has 0 aromatic rings. The number of carboxylic acid groups (broad SMARTS) is 3. The lowest BCUT2D eigenvalue weighted by Crippen LogP contribution is -2.51. The van der Waals surface area contributed by atoms with Gasteiger partial charge in [-0.1, -0.05) is 0 Å². The van der Waals surface area contributed by atoms with Gasteiger partial charge in [-0.15, -0.1) is 0 Å². The van der Waals surface area contributed by atoms with Crippen molar-refractivity contribution in [3.63, 3.8) is 0 Å². The number of hydrogen-bond donors (Lipinski definition) is 4. The molecule has 0 aromatic heterocycles. The van der Waals surface area contributed by atoms with Crippen molar-refractivity contribution >= 4 is 18.1 Å². The van der Waals surface area contributed by atoms with Crippen LogP contribution in [-0.2, 0) is 14.3 Å². The van der Waals surface area contributed by atoms with Crippen LogP contribution in [0.4, 0.5) is 4.79 Å². The normalized spacial score (nSPS) is 16.4.